The largest absolute Gasteiger partial charge is 0.493 e. The highest BCUT2D eigenvalue weighted by atomic mass is 16.5. The molecule has 0 unspecified atom stereocenters. The lowest BCUT2D eigenvalue weighted by Crippen LogP contribution is -2.03. The summed E-state index contributed by atoms with van der Waals surface area (Å²) in [5.74, 6) is 1.31. The summed E-state index contributed by atoms with van der Waals surface area (Å²) in [6, 6.07) is 5.69. The highest BCUT2D eigenvalue weighted by Crippen LogP contribution is 2.30. The van der Waals surface area contributed by atoms with Crippen molar-refractivity contribution in [3.63, 3.8) is 0 Å². The van der Waals surface area contributed by atoms with Crippen LogP contribution in [0.5, 0.6) is 11.5 Å². The normalized spacial score (nSPS) is 9.94. The van der Waals surface area contributed by atoms with Crippen LogP contribution < -0.4 is 9.47 Å². The van der Waals surface area contributed by atoms with Gasteiger partial charge in [-0.05, 0) is 29.7 Å². The van der Waals surface area contributed by atoms with E-state index in [0.717, 1.165) is 17.6 Å². The molecule has 0 radical (unpaired) electrons. The third kappa shape index (κ3) is 3.00. The Bertz CT molecular complexity index is 358. The van der Waals surface area contributed by atoms with Crippen molar-refractivity contribution in [1.29, 1.82) is 0 Å². The second-order valence-electron chi connectivity index (χ2n) is 3.39. The van der Waals surface area contributed by atoms with Crippen LogP contribution in [0.4, 0.5) is 0 Å². The Hall–Kier alpha value is -1.48. The van der Waals surface area contributed by atoms with Gasteiger partial charge < -0.3 is 14.6 Å². The van der Waals surface area contributed by atoms with Gasteiger partial charge in [-0.1, -0.05) is 19.6 Å². The van der Waals surface area contributed by atoms with E-state index in [9.17, 15) is 0 Å². The molecule has 0 aliphatic carbocycles. The van der Waals surface area contributed by atoms with Crippen molar-refractivity contribution in [3.8, 4) is 11.5 Å². The number of aliphatic hydroxyl groups excluding tert-OH is 1. The summed E-state index contributed by atoms with van der Waals surface area (Å²) >= 11 is 0. The third-order valence-corrected chi connectivity index (χ3v) is 2.35. The summed E-state index contributed by atoms with van der Waals surface area (Å²) in [6.07, 6.45) is 0.895. The summed E-state index contributed by atoms with van der Waals surface area (Å²) in [7, 11) is 1.59. The molecular formula is C13H18O3. The number of methoxy groups -OCH3 is 1. The summed E-state index contributed by atoms with van der Waals surface area (Å²) < 4.78 is 10.6. The van der Waals surface area contributed by atoms with Gasteiger partial charge in [0.1, 0.15) is 6.61 Å². The van der Waals surface area contributed by atoms with E-state index in [1.54, 1.807) is 7.11 Å². The van der Waals surface area contributed by atoms with Crippen LogP contribution in [0.15, 0.2) is 24.8 Å². The average molecular weight is 222 g/mol. The lowest BCUT2D eigenvalue weighted by Gasteiger charge is -2.12. The van der Waals surface area contributed by atoms with Gasteiger partial charge in [0.15, 0.2) is 11.5 Å². The monoisotopic (exact) mass is 222 g/mol. The van der Waals surface area contributed by atoms with Gasteiger partial charge in [-0.3, -0.25) is 0 Å². The van der Waals surface area contributed by atoms with Gasteiger partial charge in [0.2, 0.25) is 0 Å². The molecule has 1 aromatic rings. The fourth-order valence-electron chi connectivity index (χ4n) is 1.37. The van der Waals surface area contributed by atoms with Crippen LogP contribution in [0.3, 0.4) is 0 Å². The van der Waals surface area contributed by atoms with Crippen LogP contribution >= 0.6 is 0 Å². The minimum absolute atomic E-state index is 0.0118. The van der Waals surface area contributed by atoms with Crippen molar-refractivity contribution in [1.82, 2.24) is 0 Å². The Morgan fingerprint density at radius 1 is 1.38 bits per heavy atom. The van der Waals surface area contributed by atoms with Gasteiger partial charge in [-0.15, -0.1) is 0 Å². The van der Waals surface area contributed by atoms with E-state index in [-0.39, 0.29) is 13.2 Å². The van der Waals surface area contributed by atoms with E-state index in [2.05, 4.69) is 13.5 Å². The molecular weight excluding hydrogens is 204 g/mol. The van der Waals surface area contributed by atoms with Crippen molar-refractivity contribution >= 4 is 5.57 Å². The average Bonchev–Trinajstić information content (AvgIpc) is 2.34. The van der Waals surface area contributed by atoms with Crippen molar-refractivity contribution in [2.24, 2.45) is 0 Å². The highest BCUT2D eigenvalue weighted by Gasteiger charge is 2.06. The summed E-state index contributed by atoms with van der Waals surface area (Å²) in [4.78, 5) is 0. The first-order valence-corrected chi connectivity index (χ1v) is 5.32. The number of hydrogen-bond donors (Lipinski definition) is 1. The number of allylic oxidation sites excluding steroid dienone is 1. The van der Waals surface area contributed by atoms with Crippen LogP contribution in [0.2, 0.25) is 0 Å². The molecule has 0 aromatic heterocycles. The van der Waals surface area contributed by atoms with Gasteiger partial charge in [0.25, 0.3) is 0 Å². The maximum Gasteiger partial charge on any atom is 0.161 e. The summed E-state index contributed by atoms with van der Waals surface area (Å²) in [5, 5.41) is 8.73. The van der Waals surface area contributed by atoms with E-state index in [1.165, 1.54) is 0 Å². The van der Waals surface area contributed by atoms with Crippen molar-refractivity contribution in [2.45, 2.75) is 13.3 Å². The SMILES string of the molecule is C=C(CC)c1ccc(OC)c(OCCO)c1. The topological polar surface area (TPSA) is 38.7 Å². The quantitative estimate of drug-likeness (QED) is 0.803. The van der Waals surface area contributed by atoms with E-state index in [0.29, 0.717) is 11.5 Å². The Labute approximate surface area is 96.3 Å². The zero-order valence-corrected chi connectivity index (χ0v) is 9.82. The van der Waals surface area contributed by atoms with Crippen LogP contribution in [0, 0.1) is 0 Å². The zero-order chi connectivity index (χ0) is 12.0. The second-order valence-corrected chi connectivity index (χ2v) is 3.39. The molecule has 16 heavy (non-hydrogen) atoms. The second kappa shape index (κ2) is 6.18. The van der Waals surface area contributed by atoms with Crippen LogP contribution in [-0.4, -0.2) is 25.4 Å². The number of aliphatic hydroxyl groups is 1. The van der Waals surface area contributed by atoms with Crippen LogP contribution in [0.1, 0.15) is 18.9 Å². The molecule has 0 atom stereocenters. The van der Waals surface area contributed by atoms with Gasteiger partial charge in [0, 0.05) is 0 Å². The van der Waals surface area contributed by atoms with E-state index in [1.807, 2.05) is 18.2 Å². The molecule has 0 bridgehead atoms. The lowest BCUT2D eigenvalue weighted by atomic mass is 10.1. The van der Waals surface area contributed by atoms with E-state index >= 15 is 0 Å². The lowest BCUT2D eigenvalue weighted by molar-refractivity contribution is 0.196. The Morgan fingerprint density at radius 2 is 2.12 bits per heavy atom. The predicted octanol–water partition coefficient (Wildman–Crippen LogP) is 2.49. The smallest absolute Gasteiger partial charge is 0.161 e. The van der Waals surface area contributed by atoms with Crippen molar-refractivity contribution in [3.05, 3.63) is 30.3 Å². The van der Waals surface area contributed by atoms with Crippen LogP contribution in [0.25, 0.3) is 5.57 Å². The number of ether oxygens (including phenoxy) is 2. The molecule has 1 N–H and O–H groups in total. The number of hydrogen-bond acceptors (Lipinski definition) is 3. The molecule has 0 spiro atoms. The maximum absolute atomic E-state index is 8.73. The predicted molar refractivity (Wildman–Crippen MR) is 64.9 cm³/mol. The maximum atomic E-state index is 8.73. The Kier molecular flexibility index (Phi) is 4.86. The molecule has 0 saturated carbocycles. The van der Waals surface area contributed by atoms with E-state index < -0.39 is 0 Å². The standard InChI is InChI=1S/C13H18O3/c1-4-10(2)11-5-6-12(15-3)13(9-11)16-8-7-14/h5-6,9,14H,2,4,7-8H2,1,3H3. The third-order valence-electron chi connectivity index (χ3n) is 2.35. The molecule has 0 aliphatic rings. The number of benzene rings is 1. The van der Waals surface area contributed by atoms with Crippen LogP contribution in [-0.2, 0) is 0 Å². The fraction of sp³-hybridized carbons (Fsp3) is 0.385. The molecule has 1 rings (SSSR count). The number of rotatable bonds is 6. The minimum Gasteiger partial charge on any atom is -0.493 e. The zero-order valence-electron chi connectivity index (χ0n) is 9.82. The van der Waals surface area contributed by atoms with Crippen molar-refractivity contribution in [2.75, 3.05) is 20.3 Å². The molecule has 0 heterocycles. The Balaban J connectivity index is 2.96. The summed E-state index contributed by atoms with van der Waals surface area (Å²) in [6.45, 7) is 6.28. The summed E-state index contributed by atoms with van der Waals surface area (Å²) in [5.41, 5.74) is 2.09. The van der Waals surface area contributed by atoms with E-state index in [4.69, 9.17) is 14.6 Å². The molecule has 3 heteroatoms. The first-order chi connectivity index (χ1) is 7.72. The van der Waals surface area contributed by atoms with Crippen molar-refractivity contribution < 1.29 is 14.6 Å². The van der Waals surface area contributed by atoms with Gasteiger partial charge in [0.05, 0.1) is 13.7 Å². The minimum atomic E-state index is -0.0118. The highest BCUT2D eigenvalue weighted by molar-refractivity contribution is 5.66. The molecule has 3 nitrogen and oxygen atoms in total. The first-order valence-electron chi connectivity index (χ1n) is 5.32. The first kappa shape index (κ1) is 12.6. The van der Waals surface area contributed by atoms with Gasteiger partial charge in [-0.25, -0.2) is 0 Å². The van der Waals surface area contributed by atoms with Gasteiger partial charge in [-0.2, -0.15) is 0 Å². The molecule has 1 aromatic carbocycles. The Morgan fingerprint density at radius 3 is 2.69 bits per heavy atom. The van der Waals surface area contributed by atoms with Gasteiger partial charge >= 0.3 is 0 Å². The molecule has 88 valence electrons. The molecule has 0 aliphatic heterocycles. The molecule has 0 fully saturated rings. The molecule has 0 saturated heterocycles. The fourth-order valence-corrected chi connectivity index (χ4v) is 1.37. The molecule has 0 amide bonds.